The summed E-state index contributed by atoms with van der Waals surface area (Å²) in [6.07, 6.45) is 0. The topological polar surface area (TPSA) is 44.8 Å². The number of nitrogens with zero attached hydrogens (tertiary/aromatic N) is 2. The molecule has 1 aliphatic heterocycles. The van der Waals surface area contributed by atoms with Crippen molar-refractivity contribution in [1.82, 2.24) is 15.1 Å². The molecule has 1 fully saturated rings. The van der Waals surface area contributed by atoms with Gasteiger partial charge in [-0.2, -0.15) is 0 Å². The normalized spacial score (nSPS) is 16.1. The number of nitrogens with one attached hydrogen (secondary N) is 1. The zero-order valence-corrected chi connectivity index (χ0v) is 20.0. The SMILES string of the molecule is CC(C)N(CC(CN1CCOCC1)NC(=O)C(c1ccccc1)c1ccccc1)C(C)C. The molecule has 1 saturated heterocycles. The predicted molar refractivity (Wildman–Crippen MR) is 131 cm³/mol. The zero-order valence-electron chi connectivity index (χ0n) is 20.0. The molecule has 1 atom stereocenters. The highest BCUT2D eigenvalue weighted by Gasteiger charge is 2.28. The van der Waals surface area contributed by atoms with Crippen molar-refractivity contribution in [2.45, 2.75) is 51.7 Å². The third-order valence-corrected chi connectivity index (χ3v) is 6.21. The van der Waals surface area contributed by atoms with E-state index in [1.165, 1.54) is 0 Å². The van der Waals surface area contributed by atoms with Crippen molar-refractivity contribution in [3.8, 4) is 0 Å². The van der Waals surface area contributed by atoms with E-state index in [0.717, 1.165) is 50.5 Å². The Morgan fingerprint density at radius 3 is 1.88 bits per heavy atom. The van der Waals surface area contributed by atoms with E-state index in [-0.39, 0.29) is 17.9 Å². The molecule has 5 heteroatoms. The van der Waals surface area contributed by atoms with Crippen LogP contribution < -0.4 is 5.32 Å². The summed E-state index contributed by atoms with van der Waals surface area (Å²) in [5.74, 6) is -0.260. The van der Waals surface area contributed by atoms with E-state index < -0.39 is 0 Å². The number of benzene rings is 2. The molecule has 1 N–H and O–H groups in total. The molecular formula is C27H39N3O2. The molecule has 0 bridgehead atoms. The summed E-state index contributed by atoms with van der Waals surface area (Å²) in [4.78, 5) is 18.6. The standard InChI is InChI=1S/C27H39N3O2/c1-21(2)30(22(3)4)20-25(19-29-15-17-32-18-16-29)28-27(31)26(23-11-7-5-8-12-23)24-13-9-6-10-14-24/h5-14,21-22,25-26H,15-20H2,1-4H3,(H,28,31). The van der Waals surface area contributed by atoms with Gasteiger partial charge in [0.25, 0.3) is 0 Å². The van der Waals surface area contributed by atoms with Crippen LogP contribution in [0.15, 0.2) is 60.7 Å². The first-order valence-corrected chi connectivity index (χ1v) is 11.9. The molecule has 32 heavy (non-hydrogen) atoms. The maximum atomic E-state index is 13.7. The maximum Gasteiger partial charge on any atom is 0.232 e. The summed E-state index contributed by atoms with van der Waals surface area (Å²) in [6, 6.07) is 21.0. The van der Waals surface area contributed by atoms with Gasteiger partial charge in [0, 0.05) is 38.3 Å². The van der Waals surface area contributed by atoms with E-state index in [4.69, 9.17) is 4.74 Å². The Morgan fingerprint density at radius 1 is 0.906 bits per heavy atom. The lowest BCUT2D eigenvalue weighted by atomic mass is 9.90. The fourth-order valence-electron chi connectivity index (χ4n) is 4.59. The van der Waals surface area contributed by atoms with Gasteiger partial charge in [-0.25, -0.2) is 0 Å². The van der Waals surface area contributed by atoms with Gasteiger partial charge in [0.2, 0.25) is 5.91 Å². The number of carbonyl (C=O) groups is 1. The molecule has 0 aromatic heterocycles. The summed E-state index contributed by atoms with van der Waals surface area (Å²) < 4.78 is 5.53. The number of ether oxygens (including phenoxy) is 1. The van der Waals surface area contributed by atoms with Crippen molar-refractivity contribution < 1.29 is 9.53 Å². The largest absolute Gasteiger partial charge is 0.379 e. The third-order valence-electron chi connectivity index (χ3n) is 6.21. The smallest absolute Gasteiger partial charge is 0.232 e. The van der Waals surface area contributed by atoms with Gasteiger partial charge in [-0.1, -0.05) is 60.7 Å². The minimum Gasteiger partial charge on any atom is -0.379 e. The van der Waals surface area contributed by atoms with Crippen molar-refractivity contribution in [2.75, 3.05) is 39.4 Å². The number of carbonyl (C=O) groups excluding carboxylic acids is 1. The summed E-state index contributed by atoms with van der Waals surface area (Å²) >= 11 is 0. The third kappa shape index (κ3) is 6.89. The van der Waals surface area contributed by atoms with Gasteiger partial charge in [0.1, 0.15) is 0 Å². The first-order chi connectivity index (χ1) is 15.5. The van der Waals surface area contributed by atoms with Crippen molar-refractivity contribution in [2.24, 2.45) is 0 Å². The molecule has 0 aliphatic carbocycles. The van der Waals surface area contributed by atoms with Crippen LogP contribution >= 0.6 is 0 Å². The minimum atomic E-state index is -0.323. The van der Waals surface area contributed by atoms with Crippen LogP contribution in [0.2, 0.25) is 0 Å². The highest BCUT2D eigenvalue weighted by atomic mass is 16.5. The molecule has 174 valence electrons. The van der Waals surface area contributed by atoms with Crippen LogP contribution in [0.5, 0.6) is 0 Å². The van der Waals surface area contributed by atoms with Crippen LogP contribution in [0, 0.1) is 0 Å². The van der Waals surface area contributed by atoms with Gasteiger partial charge in [0.05, 0.1) is 25.2 Å². The van der Waals surface area contributed by atoms with E-state index in [1.54, 1.807) is 0 Å². The number of amides is 1. The van der Waals surface area contributed by atoms with Gasteiger partial charge >= 0.3 is 0 Å². The van der Waals surface area contributed by atoms with Crippen molar-refractivity contribution in [1.29, 1.82) is 0 Å². The summed E-state index contributed by atoms with van der Waals surface area (Å²) in [5, 5.41) is 3.44. The summed E-state index contributed by atoms with van der Waals surface area (Å²) in [7, 11) is 0. The lowest BCUT2D eigenvalue weighted by Gasteiger charge is -2.37. The Kier molecular flexibility index (Phi) is 9.27. The Bertz CT molecular complexity index is 757. The monoisotopic (exact) mass is 437 g/mol. The summed E-state index contributed by atoms with van der Waals surface area (Å²) in [5.41, 5.74) is 2.04. The van der Waals surface area contributed by atoms with Crippen LogP contribution in [-0.4, -0.2) is 73.2 Å². The maximum absolute atomic E-state index is 13.7. The second kappa shape index (κ2) is 12.1. The lowest BCUT2D eigenvalue weighted by molar-refractivity contribution is -0.122. The van der Waals surface area contributed by atoms with Crippen LogP contribution in [0.25, 0.3) is 0 Å². The summed E-state index contributed by atoms with van der Waals surface area (Å²) in [6.45, 7) is 13.9. The molecule has 0 spiro atoms. The average molecular weight is 438 g/mol. The second-order valence-electron chi connectivity index (χ2n) is 9.26. The fraction of sp³-hybridized carbons (Fsp3) is 0.519. The van der Waals surface area contributed by atoms with E-state index in [1.807, 2.05) is 60.7 Å². The van der Waals surface area contributed by atoms with E-state index in [9.17, 15) is 4.79 Å². The van der Waals surface area contributed by atoms with Crippen LogP contribution in [0.1, 0.15) is 44.7 Å². The molecule has 1 amide bonds. The van der Waals surface area contributed by atoms with E-state index in [0.29, 0.717) is 12.1 Å². The lowest BCUT2D eigenvalue weighted by Crippen LogP contribution is -2.55. The number of rotatable bonds is 10. The zero-order chi connectivity index (χ0) is 22.9. The van der Waals surface area contributed by atoms with E-state index >= 15 is 0 Å². The molecule has 0 radical (unpaired) electrons. The minimum absolute atomic E-state index is 0.0420. The van der Waals surface area contributed by atoms with Gasteiger partial charge in [-0.05, 0) is 38.8 Å². The Hall–Kier alpha value is -2.21. The van der Waals surface area contributed by atoms with Gasteiger partial charge in [-0.15, -0.1) is 0 Å². The molecular weight excluding hydrogens is 398 g/mol. The van der Waals surface area contributed by atoms with Gasteiger partial charge in [-0.3, -0.25) is 14.6 Å². The highest BCUT2D eigenvalue weighted by Crippen LogP contribution is 2.25. The van der Waals surface area contributed by atoms with Crippen LogP contribution in [0.4, 0.5) is 0 Å². The fourth-order valence-corrected chi connectivity index (χ4v) is 4.59. The Morgan fingerprint density at radius 2 is 1.41 bits per heavy atom. The number of morpholine rings is 1. The number of hydrogen-bond donors (Lipinski definition) is 1. The second-order valence-corrected chi connectivity index (χ2v) is 9.26. The molecule has 3 rings (SSSR count). The molecule has 1 heterocycles. The van der Waals surface area contributed by atoms with Crippen LogP contribution in [0.3, 0.4) is 0 Å². The predicted octanol–water partition coefficient (Wildman–Crippen LogP) is 3.75. The number of hydrogen-bond acceptors (Lipinski definition) is 4. The molecule has 2 aromatic carbocycles. The molecule has 2 aromatic rings. The quantitative estimate of drug-likeness (QED) is 0.615. The first-order valence-electron chi connectivity index (χ1n) is 11.9. The first kappa shape index (κ1) is 24.4. The highest BCUT2D eigenvalue weighted by molar-refractivity contribution is 5.87. The van der Waals surface area contributed by atoms with Gasteiger partial charge < -0.3 is 10.1 Å². The van der Waals surface area contributed by atoms with Gasteiger partial charge in [0.15, 0.2) is 0 Å². The van der Waals surface area contributed by atoms with Crippen LogP contribution in [-0.2, 0) is 9.53 Å². The average Bonchev–Trinajstić information content (AvgIpc) is 2.79. The van der Waals surface area contributed by atoms with E-state index in [2.05, 4.69) is 42.8 Å². The molecule has 1 aliphatic rings. The Balaban J connectivity index is 1.83. The van der Waals surface area contributed by atoms with Crippen molar-refractivity contribution in [3.05, 3.63) is 71.8 Å². The van der Waals surface area contributed by atoms with Crippen molar-refractivity contribution >= 4 is 5.91 Å². The molecule has 5 nitrogen and oxygen atoms in total. The molecule has 1 unspecified atom stereocenters. The van der Waals surface area contributed by atoms with Crippen molar-refractivity contribution in [3.63, 3.8) is 0 Å². The Labute approximate surface area is 193 Å². The molecule has 0 saturated carbocycles.